The zero-order valence-electron chi connectivity index (χ0n) is 11.5. The highest BCUT2D eigenvalue weighted by Gasteiger charge is 2.12. The van der Waals surface area contributed by atoms with Gasteiger partial charge in [-0.1, -0.05) is 22.9 Å². The Morgan fingerprint density at radius 2 is 2.00 bits per heavy atom. The fourth-order valence-electron chi connectivity index (χ4n) is 1.59. The first kappa shape index (κ1) is 17.8. The molecule has 0 saturated heterocycles. The molecule has 0 unspecified atom stereocenters. The molecule has 0 atom stereocenters. The summed E-state index contributed by atoms with van der Waals surface area (Å²) in [6, 6.07) is 3.83. The summed E-state index contributed by atoms with van der Waals surface area (Å²) >= 11 is 6.83. The molecule has 0 fully saturated rings. The predicted molar refractivity (Wildman–Crippen MR) is 87.8 cm³/mol. The Morgan fingerprint density at radius 1 is 1.30 bits per heavy atom. The molecule has 0 bridgehead atoms. The van der Waals surface area contributed by atoms with E-state index in [2.05, 4.69) is 31.9 Å². The highest BCUT2D eigenvalue weighted by atomic mass is 79.9. The number of methoxy groups -OCH3 is 1. The summed E-state index contributed by atoms with van der Waals surface area (Å²) in [6.07, 6.45) is 0.464. The van der Waals surface area contributed by atoms with Crippen LogP contribution >= 0.6 is 31.9 Å². The maximum atomic E-state index is 11.4. The Bertz CT molecular complexity index is 544. The normalized spacial score (nSPS) is 11.4. The molecular weight excluding hydrogens is 412 g/mol. The van der Waals surface area contributed by atoms with Crippen molar-refractivity contribution in [2.75, 3.05) is 25.2 Å². The molecule has 1 aromatic rings. The first-order valence-electron chi connectivity index (χ1n) is 6.19. The van der Waals surface area contributed by atoms with Gasteiger partial charge in [0.2, 0.25) is 0 Å². The van der Waals surface area contributed by atoms with Gasteiger partial charge in [0.25, 0.3) is 0 Å². The lowest BCUT2D eigenvalue weighted by atomic mass is 10.2. The summed E-state index contributed by atoms with van der Waals surface area (Å²) in [5.74, 6) is 1.54. The molecular formula is C13H18Br2O4S. The standard InChI is InChI=1S/C13H18Br2O4S/c1-3-20(16,17)6-4-5-19-13-11(15)7-10(9-14)8-12(13)18-2/h7-8H,3-6,9H2,1-2H3. The minimum atomic E-state index is -2.94. The molecule has 1 rings (SSSR count). The van der Waals surface area contributed by atoms with Crippen LogP contribution in [-0.4, -0.2) is 33.6 Å². The first-order chi connectivity index (χ1) is 9.43. The number of hydrogen-bond donors (Lipinski definition) is 0. The Kier molecular flexibility index (Phi) is 7.33. The molecule has 114 valence electrons. The average molecular weight is 430 g/mol. The molecule has 0 saturated carbocycles. The van der Waals surface area contributed by atoms with Gasteiger partial charge in [-0.15, -0.1) is 0 Å². The largest absolute Gasteiger partial charge is 0.493 e. The second-order valence-electron chi connectivity index (χ2n) is 4.18. The summed E-state index contributed by atoms with van der Waals surface area (Å²) in [5, 5.41) is 0.719. The number of benzene rings is 1. The Hall–Kier alpha value is -0.270. The molecule has 7 heteroatoms. The van der Waals surface area contributed by atoms with Crippen LogP contribution in [-0.2, 0) is 15.2 Å². The van der Waals surface area contributed by atoms with Gasteiger partial charge >= 0.3 is 0 Å². The van der Waals surface area contributed by atoms with Crippen LogP contribution in [0.2, 0.25) is 0 Å². The van der Waals surface area contributed by atoms with Crippen molar-refractivity contribution in [1.29, 1.82) is 0 Å². The Morgan fingerprint density at radius 3 is 2.55 bits per heavy atom. The van der Waals surface area contributed by atoms with Crippen LogP contribution < -0.4 is 9.47 Å². The summed E-state index contributed by atoms with van der Waals surface area (Å²) in [5.41, 5.74) is 1.06. The van der Waals surface area contributed by atoms with Crippen LogP contribution in [0.1, 0.15) is 18.9 Å². The van der Waals surface area contributed by atoms with Gasteiger partial charge in [0.1, 0.15) is 9.84 Å². The van der Waals surface area contributed by atoms with Gasteiger partial charge in [-0.2, -0.15) is 0 Å². The molecule has 0 amide bonds. The van der Waals surface area contributed by atoms with Crippen molar-refractivity contribution in [3.63, 3.8) is 0 Å². The highest BCUT2D eigenvalue weighted by Crippen LogP contribution is 2.37. The summed E-state index contributed by atoms with van der Waals surface area (Å²) < 4.78 is 34.5. The minimum Gasteiger partial charge on any atom is -0.493 e. The van der Waals surface area contributed by atoms with Gasteiger partial charge in [-0.25, -0.2) is 8.42 Å². The summed E-state index contributed by atoms with van der Waals surface area (Å²) in [7, 11) is -1.36. The van der Waals surface area contributed by atoms with E-state index >= 15 is 0 Å². The maximum Gasteiger partial charge on any atom is 0.175 e. The molecule has 0 spiro atoms. The number of rotatable bonds is 8. The van der Waals surface area contributed by atoms with E-state index in [1.807, 2.05) is 12.1 Å². The smallest absolute Gasteiger partial charge is 0.175 e. The van der Waals surface area contributed by atoms with Gasteiger partial charge in [0.15, 0.2) is 11.5 Å². The lowest BCUT2D eigenvalue weighted by molar-refractivity contribution is 0.292. The first-order valence-corrected chi connectivity index (χ1v) is 9.92. The predicted octanol–water partition coefficient (Wildman–Crippen LogP) is 3.56. The third kappa shape index (κ3) is 5.26. The van der Waals surface area contributed by atoms with E-state index in [1.54, 1.807) is 14.0 Å². The molecule has 0 aromatic heterocycles. The fourth-order valence-corrected chi connectivity index (χ4v) is 3.36. The van der Waals surface area contributed by atoms with Crippen molar-refractivity contribution in [2.45, 2.75) is 18.7 Å². The number of sulfone groups is 1. The molecule has 0 heterocycles. The van der Waals surface area contributed by atoms with Crippen molar-refractivity contribution in [2.24, 2.45) is 0 Å². The van der Waals surface area contributed by atoms with Crippen molar-refractivity contribution in [3.8, 4) is 11.5 Å². The van der Waals surface area contributed by atoms with Crippen LogP contribution in [0.4, 0.5) is 0 Å². The molecule has 20 heavy (non-hydrogen) atoms. The van der Waals surface area contributed by atoms with Crippen molar-refractivity contribution in [3.05, 3.63) is 22.2 Å². The lowest BCUT2D eigenvalue weighted by Gasteiger charge is -2.13. The maximum absolute atomic E-state index is 11.4. The minimum absolute atomic E-state index is 0.142. The zero-order valence-corrected chi connectivity index (χ0v) is 15.5. The van der Waals surface area contributed by atoms with E-state index in [9.17, 15) is 8.42 Å². The van der Waals surface area contributed by atoms with Gasteiger partial charge < -0.3 is 9.47 Å². The van der Waals surface area contributed by atoms with Crippen molar-refractivity contribution >= 4 is 41.7 Å². The van der Waals surface area contributed by atoms with Crippen LogP contribution in [0.15, 0.2) is 16.6 Å². The van der Waals surface area contributed by atoms with E-state index < -0.39 is 9.84 Å². The Balaban J connectivity index is 2.68. The number of halogens is 2. The Labute approximate surface area is 137 Å². The topological polar surface area (TPSA) is 52.6 Å². The van der Waals surface area contributed by atoms with E-state index in [0.29, 0.717) is 24.5 Å². The monoisotopic (exact) mass is 428 g/mol. The van der Waals surface area contributed by atoms with E-state index in [1.165, 1.54) is 0 Å². The lowest BCUT2D eigenvalue weighted by Crippen LogP contribution is -2.12. The summed E-state index contributed by atoms with van der Waals surface area (Å²) in [4.78, 5) is 0. The second-order valence-corrected chi connectivity index (χ2v) is 8.07. The number of alkyl halides is 1. The highest BCUT2D eigenvalue weighted by molar-refractivity contribution is 9.10. The molecule has 4 nitrogen and oxygen atoms in total. The van der Waals surface area contributed by atoms with Crippen LogP contribution in [0, 0.1) is 0 Å². The van der Waals surface area contributed by atoms with Gasteiger partial charge in [-0.05, 0) is 40.0 Å². The third-order valence-corrected chi connectivity index (χ3v) is 5.76. The molecule has 0 radical (unpaired) electrons. The summed E-state index contributed by atoms with van der Waals surface area (Å²) in [6.45, 7) is 1.98. The SMILES string of the molecule is CCS(=O)(=O)CCCOc1c(Br)cc(CBr)cc1OC. The zero-order chi connectivity index (χ0) is 15.2. The number of ether oxygens (including phenoxy) is 2. The van der Waals surface area contributed by atoms with Gasteiger partial charge in [0, 0.05) is 11.1 Å². The van der Waals surface area contributed by atoms with Crippen LogP contribution in [0.3, 0.4) is 0 Å². The molecule has 0 aliphatic carbocycles. The average Bonchev–Trinajstić information content (AvgIpc) is 2.44. The van der Waals surface area contributed by atoms with E-state index in [-0.39, 0.29) is 11.5 Å². The van der Waals surface area contributed by atoms with Gasteiger partial charge in [-0.3, -0.25) is 0 Å². The quantitative estimate of drug-likeness (QED) is 0.468. The molecule has 0 N–H and O–H groups in total. The molecule has 0 aliphatic heterocycles. The van der Waals surface area contributed by atoms with Crippen LogP contribution in [0.25, 0.3) is 0 Å². The van der Waals surface area contributed by atoms with Crippen molar-refractivity contribution < 1.29 is 17.9 Å². The van der Waals surface area contributed by atoms with Gasteiger partial charge in [0.05, 0.1) is 23.9 Å². The van der Waals surface area contributed by atoms with Crippen LogP contribution in [0.5, 0.6) is 11.5 Å². The van der Waals surface area contributed by atoms with E-state index in [4.69, 9.17) is 9.47 Å². The third-order valence-electron chi connectivity index (χ3n) is 2.73. The fraction of sp³-hybridized carbons (Fsp3) is 0.538. The molecule has 0 aliphatic rings. The second kappa shape index (κ2) is 8.24. The molecule has 1 aromatic carbocycles. The van der Waals surface area contributed by atoms with E-state index in [0.717, 1.165) is 15.4 Å². The number of hydrogen-bond acceptors (Lipinski definition) is 4. The van der Waals surface area contributed by atoms with Crippen molar-refractivity contribution in [1.82, 2.24) is 0 Å².